The first-order valence-electron chi connectivity index (χ1n) is 28.1. The van der Waals surface area contributed by atoms with Crippen LogP contribution in [0.2, 0.25) is 0 Å². The third-order valence-electron chi connectivity index (χ3n) is 17.6. The van der Waals surface area contributed by atoms with E-state index >= 15 is 0 Å². The third-order valence-corrected chi connectivity index (χ3v) is 17.6. The van der Waals surface area contributed by atoms with Gasteiger partial charge in [0, 0.05) is 22.3 Å². The van der Waals surface area contributed by atoms with Gasteiger partial charge in [0.05, 0.1) is 10.8 Å². The normalized spacial score (nSPS) is 13.6. The molecule has 0 saturated heterocycles. The summed E-state index contributed by atoms with van der Waals surface area (Å²) in [5, 5.41) is 9.57. The van der Waals surface area contributed by atoms with Crippen LogP contribution in [-0.2, 0) is 10.8 Å². The van der Waals surface area contributed by atoms with Crippen LogP contribution < -0.4 is 9.47 Å². The SMILES string of the molecule is Cc1cccc2cc3cc(-c4c5cccc(-c6cccc7c6C(c6ccccc6)(c6ccccc6)c6ccccc6O7)c5cc5c(-c6cccc7c6C(c6ccccc6)(c6ccccc6)c6ccccc6O7)cccc45)ccc3cc12. The van der Waals surface area contributed by atoms with Crippen LogP contribution in [0, 0.1) is 6.92 Å². The highest BCUT2D eigenvalue weighted by Crippen LogP contribution is 2.61. The molecule has 2 heterocycles. The van der Waals surface area contributed by atoms with E-state index in [1.807, 2.05) is 0 Å². The number of ether oxygens (including phenoxy) is 2. The van der Waals surface area contributed by atoms with Gasteiger partial charge in [-0.2, -0.15) is 0 Å². The van der Waals surface area contributed by atoms with E-state index in [0.29, 0.717) is 0 Å². The summed E-state index contributed by atoms with van der Waals surface area (Å²) in [5.74, 6) is 3.38. The van der Waals surface area contributed by atoms with Crippen molar-refractivity contribution in [2.75, 3.05) is 0 Å². The molecule has 0 saturated carbocycles. The molecule has 16 rings (SSSR count). The Morgan fingerprint density at radius 2 is 0.679 bits per heavy atom. The molecule has 0 unspecified atom stereocenters. The zero-order valence-electron chi connectivity index (χ0n) is 44.6. The van der Waals surface area contributed by atoms with Crippen molar-refractivity contribution in [3.8, 4) is 56.4 Å². The standard InChI is InChI=1S/C79H52O2/c1-51-23-18-24-53-47-55-48-54(46-45-52(55)49-66(51)53)75-62-35-19-33-60(64-37-21-43-73-76(64)78(56-25-6-2-7-26-56,57-27-8-3-9-28-57)69-39-14-16-41-71(69)80-73)67(62)50-68-61(34-20-36-63(68)75)65-38-22-44-74-77(65)79(58-29-10-4-11-30-58,59-31-12-5-13-32-59)70-40-15-17-42-72(70)81-74/h2-50H,1H3. The van der Waals surface area contributed by atoms with Crippen LogP contribution in [0.4, 0.5) is 0 Å². The van der Waals surface area contributed by atoms with Crippen molar-refractivity contribution in [2.24, 2.45) is 0 Å². The zero-order chi connectivity index (χ0) is 53.7. The predicted molar refractivity (Wildman–Crippen MR) is 334 cm³/mol. The Balaban J connectivity index is 1.04. The molecule has 0 atom stereocenters. The number of benzene rings is 14. The number of hydrogen-bond acceptors (Lipinski definition) is 2. The number of hydrogen-bond donors (Lipinski definition) is 0. The maximum absolute atomic E-state index is 7.13. The second-order valence-electron chi connectivity index (χ2n) is 21.8. The van der Waals surface area contributed by atoms with Gasteiger partial charge in [0.1, 0.15) is 23.0 Å². The average molecular weight is 1030 g/mol. The van der Waals surface area contributed by atoms with Gasteiger partial charge in [-0.15, -0.1) is 0 Å². The van der Waals surface area contributed by atoms with Gasteiger partial charge in [0.25, 0.3) is 0 Å². The van der Waals surface area contributed by atoms with E-state index in [0.717, 1.165) is 83.8 Å². The van der Waals surface area contributed by atoms with Crippen molar-refractivity contribution in [3.63, 3.8) is 0 Å². The van der Waals surface area contributed by atoms with E-state index in [1.165, 1.54) is 65.7 Å². The van der Waals surface area contributed by atoms with Crippen LogP contribution in [0.25, 0.3) is 76.5 Å². The second kappa shape index (κ2) is 18.4. The number of rotatable bonds is 7. The number of aryl methyl sites for hydroxylation is 1. The molecule has 0 fully saturated rings. The highest BCUT2D eigenvalue weighted by Gasteiger charge is 2.48. The minimum absolute atomic E-state index is 0.743. The Hall–Kier alpha value is -10.3. The average Bonchev–Trinajstić information content (AvgIpc) is 3.15. The summed E-state index contributed by atoms with van der Waals surface area (Å²) in [5.41, 5.74) is 15.7. The molecule has 2 aliphatic rings. The molecule has 0 spiro atoms. The molecular weight excluding hydrogens is 981 g/mol. The molecule has 0 N–H and O–H groups in total. The van der Waals surface area contributed by atoms with Crippen molar-refractivity contribution in [1.29, 1.82) is 0 Å². The molecule has 14 aromatic carbocycles. The van der Waals surface area contributed by atoms with Crippen molar-refractivity contribution < 1.29 is 9.47 Å². The van der Waals surface area contributed by atoms with Gasteiger partial charge < -0.3 is 9.47 Å². The summed E-state index contributed by atoms with van der Waals surface area (Å²) in [4.78, 5) is 0. The van der Waals surface area contributed by atoms with E-state index in [9.17, 15) is 0 Å². The molecule has 2 heteroatoms. The van der Waals surface area contributed by atoms with E-state index in [4.69, 9.17) is 9.47 Å². The highest BCUT2D eigenvalue weighted by atomic mass is 16.5. The summed E-state index contributed by atoms with van der Waals surface area (Å²) in [6.45, 7) is 2.21. The highest BCUT2D eigenvalue weighted by molar-refractivity contribution is 6.20. The smallest absolute Gasteiger partial charge is 0.132 e. The molecule has 81 heavy (non-hydrogen) atoms. The van der Waals surface area contributed by atoms with E-state index < -0.39 is 10.8 Å². The first kappa shape index (κ1) is 46.8. The minimum atomic E-state index is -0.743. The lowest BCUT2D eigenvalue weighted by Gasteiger charge is -2.43. The van der Waals surface area contributed by atoms with Crippen LogP contribution in [0.3, 0.4) is 0 Å². The Labute approximate surface area is 471 Å². The van der Waals surface area contributed by atoms with Gasteiger partial charge in [-0.1, -0.05) is 249 Å². The monoisotopic (exact) mass is 1030 g/mol. The summed E-state index contributed by atoms with van der Waals surface area (Å²) in [6.07, 6.45) is 0. The number of fused-ring (bicyclic) bond motifs is 8. The van der Waals surface area contributed by atoms with E-state index in [1.54, 1.807) is 0 Å². The van der Waals surface area contributed by atoms with Crippen LogP contribution in [0.5, 0.6) is 23.0 Å². The molecule has 2 nitrogen and oxygen atoms in total. The quantitative estimate of drug-likeness (QED) is 0.148. The molecular formula is C79H52O2. The Bertz CT molecular complexity index is 4490. The largest absolute Gasteiger partial charge is 0.457 e. The summed E-state index contributed by atoms with van der Waals surface area (Å²) < 4.78 is 14.3. The van der Waals surface area contributed by atoms with Crippen LogP contribution in [0.1, 0.15) is 50.1 Å². The number of para-hydroxylation sites is 2. The fourth-order valence-electron chi connectivity index (χ4n) is 14.3. The molecule has 0 bridgehead atoms. The third kappa shape index (κ3) is 6.93. The molecule has 0 amide bonds. The van der Waals surface area contributed by atoms with Crippen molar-refractivity contribution >= 4 is 43.1 Å². The topological polar surface area (TPSA) is 18.5 Å². The lowest BCUT2D eigenvalue weighted by Crippen LogP contribution is -2.34. The van der Waals surface area contributed by atoms with Crippen molar-refractivity contribution in [1.82, 2.24) is 0 Å². The molecule has 0 aromatic heterocycles. The maximum atomic E-state index is 7.13. The zero-order valence-corrected chi connectivity index (χ0v) is 44.6. The van der Waals surface area contributed by atoms with Gasteiger partial charge >= 0.3 is 0 Å². The molecule has 2 aliphatic heterocycles. The summed E-state index contributed by atoms with van der Waals surface area (Å²) in [6, 6.07) is 109. The Kier molecular flexibility index (Phi) is 10.6. The van der Waals surface area contributed by atoms with Gasteiger partial charge in [-0.3, -0.25) is 0 Å². The molecule has 0 radical (unpaired) electrons. The maximum Gasteiger partial charge on any atom is 0.132 e. The molecule has 380 valence electrons. The molecule has 0 aliphatic carbocycles. The molecule has 14 aromatic rings. The fraction of sp³-hybridized carbons (Fsp3) is 0.0380. The van der Waals surface area contributed by atoms with E-state index in [-0.39, 0.29) is 0 Å². The fourth-order valence-corrected chi connectivity index (χ4v) is 14.3. The lowest BCUT2D eigenvalue weighted by molar-refractivity contribution is 0.435. The Morgan fingerprint density at radius 3 is 1.17 bits per heavy atom. The first-order chi connectivity index (χ1) is 40.1. The van der Waals surface area contributed by atoms with Crippen LogP contribution >= 0.6 is 0 Å². The second-order valence-corrected chi connectivity index (χ2v) is 21.8. The van der Waals surface area contributed by atoms with Gasteiger partial charge in [-0.25, -0.2) is 0 Å². The Morgan fingerprint density at radius 1 is 0.259 bits per heavy atom. The lowest BCUT2D eigenvalue weighted by atomic mass is 9.62. The van der Waals surface area contributed by atoms with Gasteiger partial charge in [0.2, 0.25) is 0 Å². The first-order valence-corrected chi connectivity index (χ1v) is 28.1. The van der Waals surface area contributed by atoms with Crippen LogP contribution in [0.15, 0.2) is 297 Å². The van der Waals surface area contributed by atoms with Gasteiger partial charge in [0.15, 0.2) is 0 Å². The van der Waals surface area contributed by atoms with Crippen molar-refractivity contribution in [2.45, 2.75) is 17.8 Å². The van der Waals surface area contributed by atoms with Crippen LogP contribution in [-0.4, -0.2) is 0 Å². The van der Waals surface area contributed by atoms with Crippen molar-refractivity contribution in [3.05, 3.63) is 347 Å². The van der Waals surface area contributed by atoms with E-state index in [2.05, 4.69) is 304 Å². The minimum Gasteiger partial charge on any atom is -0.457 e. The predicted octanol–water partition coefficient (Wildman–Crippen LogP) is 20.6. The summed E-state index contributed by atoms with van der Waals surface area (Å²) in [7, 11) is 0. The van der Waals surface area contributed by atoms with Gasteiger partial charge in [-0.05, 0) is 160 Å². The summed E-state index contributed by atoms with van der Waals surface area (Å²) >= 11 is 0.